The maximum absolute atomic E-state index is 6.26. The molecule has 0 amide bonds. The molecule has 1 heterocycles. The van der Waals surface area contributed by atoms with Gasteiger partial charge in [0.15, 0.2) is 0 Å². The highest BCUT2D eigenvalue weighted by molar-refractivity contribution is 4.98. The van der Waals surface area contributed by atoms with E-state index in [0.29, 0.717) is 11.5 Å². The van der Waals surface area contributed by atoms with Gasteiger partial charge in [0.1, 0.15) is 0 Å². The standard InChI is InChI=1S/C13H25NO/c1-10-5-12(3,4)8-13(6-10)9-14-7-11(2)15-13/h10-11,14H,5-9H2,1-4H3. The van der Waals surface area contributed by atoms with E-state index in [1.807, 2.05) is 0 Å². The van der Waals surface area contributed by atoms with E-state index in [-0.39, 0.29) is 5.60 Å². The summed E-state index contributed by atoms with van der Waals surface area (Å²) >= 11 is 0. The fourth-order valence-electron chi connectivity index (χ4n) is 3.90. The molecule has 3 unspecified atom stereocenters. The number of morpholine rings is 1. The van der Waals surface area contributed by atoms with Crippen molar-refractivity contribution in [1.29, 1.82) is 0 Å². The van der Waals surface area contributed by atoms with Crippen LogP contribution in [-0.4, -0.2) is 24.8 Å². The predicted octanol–water partition coefficient (Wildman–Crippen LogP) is 2.58. The molecular formula is C13H25NO. The Hall–Kier alpha value is -0.0800. The van der Waals surface area contributed by atoms with Crippen LogP contribution < -0.4 is 5.32 Å². The molecule has 1 N–H and O–H groups in total. The monoisotopic (exact) mass is 211 g/mol. The molecule has 2 aliphatic rings. The molecule has 15 heavy (non-hydrogen) atoms. The second kappa shape index (κ2) is 3.74. The van der Waals surface area contributed by atoms with Crippen molar-refractivity contribution in [2.45, 2.75) is 58.7 Å². The van der Waals surface area contributed by atoms with Crippen LogP contribution in [0.3, 0.4) is 0 Å². The van der Waals surface area contributed by atoms with Crippen molar-refractivity contribution >= 4 is 0 Å². The summed E-state index contributed by atoms with van der Waals surface area (Å²) in [6, 6.07) is 0. The van der Waals surface area contributed by atoms with E-state index in [1.165, 1.54) is 19.3 Å². The maximum atomic E-state index is 6.26. The fourth-order valence-corrected chi connectivity index (χ4v) is 3.90. The quantitative estimate of drug-likeness (QED) is 0.665. The van der Waals surface area contributed by atoms with Gasteiger partial charge in [-0.05, 0) is 37.5 Å². The molecule has 88 valence electrons. The van der Waals surface area contributed by atoms with E-state index in [4.69, 9.17) is 4.74 Å². The van der Waals surface area contributed by atoms with Crippen LogP contribution in [0.1, 0.15) is 47.0 Å². The molecule has 1 saturated carbocycles. The Morgan fingerprint density at radius 1 is 1.20 bits per heavy atom. The van der Waals surface area contributed by atoms with Crippen LogP contribution in [-0.2, 0) is 4.74 Å². The van der Waals surface area contributed by atoms with Crippen molar-refractivity contribution in [3.05, 3.63) is 0 Å². The Kier molecular flexibility index (Phi) is 2.85. The van der Waals surface area contributed by atoms with Crippen LogP contribution in [0.25, 0.3) is 0 Å². The van der Waals surface area contributed by atoms with Gasteiger partial charge in [-0.3, -0.25) is 0 Å². The van der Waals surface area contributed by atoms with Gasteiger partial charge in [-0.2, -0.15) is 0 Å². The lowest BCUT2D eigenvalue weighted by molar-refractivity contribution is -0.156. The highest BCUT2D eigenvalue weighted by Gasteiger charge is 2.45. The molecule has 1 aliphatic heterocycles. The molecule has 0 bridgehead atoms. The fraction of sp³-hybridized carbons (Fsp3) is 1.00. The Morgan fingerprint density at radius 2 is 1.93 bits per heavy atom. The molecule has 0 aromatic heterocycles. The summed E-state index contributed by atoms with van der Waals surface area (Å²) in [5.41, 5.74) is 0.565. The normalized spacial score (nSPS) is 45.6. The predicted molar refractivity (Wildman–Crippen MR) is 62.9 cm³/mol. The first-order chi connectivity index (χ1) is 6.91. The van der Waals surface area contributed by atoms with Crippen molar-refractivity contribution in [3.8, 4) is 0 Å². The third-order valence-corrected chi connectivity index (χ3v) is 3.75. The van der Waals surface area contributed by atoms with Crippen molar-refractivity contribution < 1.29 is 4.74 Å². The van der Waals surface area contributed by atoms with Gasteiger partial charge in [0.2, 0.25) is 0 Å². The molecule has 2 rings (SSSR count). The zero-order valence-electron chi connectivity index (χ0n) is 10.6. The largest absolute Gasteiger partial charge is 0.369 e. The first-order valence-corrected chi connectivity index (χ1v) is 6.29. The van der Waals surface area contributed by atoms with Crippen molar-refractivity contribution in [3.63, 3.8) is 0 Å². The summed E-state index contributed by atoms with van der Waals surface area (Å²) in [4.78, 5) is 0. The zero-order valence-corrected chi connectivity index (χ0v) is 10.6. The second-order valence-corrected chi connectivity index (χ2v) is 6.60. The van der Waals surface area contributed by atoms with Crippen LogP contribution in [0.15, 0.2) is 0 Å². The SMILES string of the molecule is CC1CC(C)(C)CC2(CNCC(C)O2)C1. The molecule has 1 aliphatic carbocycles. The molecule has 2 fully saturated rings. The third kappa shape index (κ3) is 2.54. The molecule has 2 nitrogen and oxygen atoms in total. The van der Waals surface area contributed by atoms with Gasteiger partial charge in [0, 0.05) is 13.1 Å². The molecular weight excluding hydrogens is 186 g/mol. The smallest absolute Gasteiger partial charge is 0.0818 e. The Bertz CT molecular complexity index is 235. The molecule has 0 aromatic carbocycles. The van der Waals surface area contributed by atoms with Gasteiger partial charge in [-0.1, -0.05) is 20.8 Å². The lowest BCUT2D eigenvalue weighted by Gasteiger charge is -2.50. The molecule has 0 radical (unpaired) electrons. The van der Waals surface area contributed by atoms with Crippen molar-refractivity contribution in [1.82, 2.24) is 5.32 Å². The van der Waals surface area contributed by atoms with Gasteiger partial charge < -0.3 is 10.1 Å². The highest BCUT2D eigenvalue weighted by Crippen LogP contribution is 2.46. The molecule has 2 heteroatoms. The van der Waals surface area contributed by atoms with E-state index >= 15 is 0 Å². The van der Waals surface area contributed by atoms with Gasteiger partial charge >= 0.3 is 0 Å². The van der Waals surface area contributed by atoms with Gasteiger partial charge in [-0.25, -0.2) is 0 Å². The molecule has 3 atom stereocenters. The number of hydrogen-bond donors (Lipinski definition) is 1. The summed E-state index contributed by atoms with van der Waals surface area (Å²) < 4.78 is 6.26. The van der Waals surface area contributed by atoms with E-state index in [1.54, 1.807) is 0 Å². The van der Waals surface area contributed by atoms with Gasteiger partial charge in [0.05, 0.1) is 11.7 Å². The highest BCUT2D eigenvalue weighted by atomic mass is 16.5. The third-order valence-electron chi connectivity index (χ3n) is 3.75. The summed E-state index contributed by atoms with van der Waals surface area (Å²) in [7, 11) is 0. The number of rotatable bonds is 0. The lowest BCUT2D eigenvalue weighted by Crippen LogP contribution is -2.57. The topological polar surface area (TPSA) is 21.3 Å². The molecule has 1 spiro atoms. The maximum Gasteiger partial charge on any atom is 0.0818 e. The van der Waals surface area contributed by atoms with Crippen molar-refractivity contribution in [2.24, 2.45) is 11.3 Å². The number of nitrogens with one attached hydrogen (secondary N) is 1. The van der Waals surface area contributed by atoms with Crippen LogP contribution in [0.4, 0.5) is 0 Å². The van der Waals surface area contributed by atoms with Crippen LogP contribution in [0, 0.1) is 11.3 Å². The average molecular weight is 211 g/mol. The second-order valence-electron chi connectivity index (χ2n) is 6.60. The average Bonchev–Trinajstić information content (AvgIpc) is 1.97. The van der Waals surface area contributed by atoms with Gasteiger partial charge in [-0.15, -0.1) is 0 Å². The van der Waals surface area contributed by atoms with Crippen LogP contribution in [0.5, 0.6) is 0 Å². The first-order valence-electron chi connectivity index (χ1n) is 6.29. The number of ether oxygens (including phenoxy) is 1. The van der Waals surface area contributed by atoms with Crippen LogP contribution >= 0.6 is 0 Å². The van der Waals surface area contributed by atoms with Crippen LogP contribution in [0.2, 0.25) is 0 Å². The van der Waals surface area contributed by atoms with E-state index in [9.17, 15) is 0 Å². The van der Waals surface area contributed by atoms with E-state index < -0.39 is 0 Å². The van der Waals surface area contributed by atoms with E-state index in [2.05, 4.69) is 33.0 Å². The summed E-state index contributed by atoms with van der Waals surface area (Å²) in [6.07, 6.45) is 4.15. The van der Waals surface area contributed by atoms with Crippen molar-refractivity contribution in [2.75, 3.05) is 13.1 Å². The Morgan fingerprint density at radius 3 is 2.53 bits per heavy atom. The van der Waals surface area contributed by atoms with E-state index in [0.717, 1.165) is 19.0 Å². The minimum absolute atomic E-state index is 0.124. The Balaban J connectivity index is 2.12. The summed E-state index contributed by atoms with van der Waals surface area (Å²) in [5, 5.41) is 3.53. The first kappa shape index (κ1) is 11.4. The minimum Gasteiger partial charge on any atom is -0.369 e. The summed E-state index contributed by atoms with van der Waals surface area (Å²) in [6.45, 7) is 11.4. The summed E-state index contributed by atoms with van der Waals surface area (Å²) in [5.74, 6) is 0.792. The number of hydrogen-bond acceptors (Lipinski definition) is 2. The minimum atomic E-state index is 0.124. The zero-order chi connectivity index (χ0) is 11.1. The molecule has 1 saturated heterocycles. The lowest BCUT2D eigenvalue weighted by atomic mass is 9.65. The molecule has 0 aromatic rings. The Labute approximate surface area is 93.8 Å². The van der Waals surface area contributed by atoms with Gasteiger partial charge in [0.25, 0.3) is 0 Å².